The highest BCUT2D eigenvalue weighted by Crippen LogP contribution is 2.34. The lowest BCUT2D eigenvalue weighted by molar-refractivity contribution is -0.140. The number of benzene rings is 1. The van der Waals surface area contributed by atoms with Gasteiger partial charge in [-0.3, -0.25) is 0 Å². The first-order valence-electron chi connectivity index (χ1n) is 4.87. The van der Waals surface area contributed by atoms with Crippen molar-refractivity contribution in [3.8, 4) is 0 Å². The van der Waals surface area contributed by atoms with E-state index in [1.165, 1.54) is 13.1 Å². The van der Waals surface area contributed by atoms with Gasteiger partial charge in [0.15, 0.2) is 5.82 Å². The Morgan fingerprint density at radius 3 is 2.44 bits per heavy atom. The van der Waals surface area contributed by atoms with Crippen molar-refractivity contribution in [2.24, 2.45) is 0 Å². The van der Waals surface area contributed by atoms with E-state index in [4.69, 9.17) is 0 Å². The number of pyridine rings is 1. The molecule has 0 amide bonds. The van der Waals surface area contributed by atoms with E-state index in [1.807, 2.05) is 0 Å². The fraction of sp³-hybridized carbons (Fsp3) is 0.182. The molecule has 0 bridgehead atoms. The zero-order valence-corrected chi connectivity index (χ0v) is 10.7. The molecule has 18 heavy (non-hydrogen) atoms. The lowest BCUT2D eigenvalue weighted by Gasteiger charge is -2.12. The number of aromatic nitrogens is 1. The van der Waals surface area contributed by atoms with Crippen molar-refractivity contribution in [1.82, 2.24) is 4.98 Å². The van der Waals surface area contributed by atoms with Crippen molar-refractivity contribution in [3.63, 3.8) is 0 Å². The normalized spacial score (nSPS) is 11.9. The Morgan fingerprint density at radius 1 is 1.22 bits per heavy atom. The second-order valence-corrected chi connectivity index (χ2v) is 4.50. The number of hydrogen-bond donors (Lipinski definition) is 1. The van der Waals surface area contributed by atoms with Gasteiger partial charge in [-0.05, 0) is 18.2 Å². The van der Waals surface area contributed by atoms with Gasteiger partial charge in [-0.1, -0.05) is 15.9 Å². The first-order chi connectivity index (χ1) is 8.32. The van der Waals surface area contributed by atoms with Crippen LogP contribution in [0.2, 0.25) is 0 Å². The topological polar surface area (TPSA) is 24.9 Å². The third-order valence-electron chi connectivity index (χ3n) is 2.39. The molecule has 1 N–H and O–H groups in total. The summed E-state index contributed by atoms with van der Waals surface area (Å²) in [5.74, 6) is -0.804. The summed E-state index contributed by atoms with van der Waals surface area (Å²) in [6.45, 7) is 0. The number of rotatable bonds is 1. The minimum Gasteiger partial charge on any atom is -0.388 e. The summed E-state index contributed by atoms with van der Waals surface area (Å²) in [6.07, 6.45) is -4.61. The maximum atomic E-state index is 13.6. The molecule has 0 aliphatic heterocycles. The van der Waals surface area contributed by atoms with Crippen molar-refractivity contribution in [3.05, 3.63) is 34.2 Å². The lowest BCUT2D eigenvalue weighted by atomic mass is 10.1. The summed E-state index contributed by atoms with van der Waals surface area (Å²) in [6, 6.07) is 3.44. The second-order valence-electron chi connectivity index (χ2n) is 3.59. The van der Waals surface area contributed by atoms with Crippen molar-refractivity contribution >= 4 is 32.5 Å². The van der Waals surface area contributed by atoms with Crippen LogP contribution in [0.3, 0.4) is 0 Å². The van der Waals surface area contributed by atoms with E-state index in [2.05, 4.69) is 26.2 Å². The van der Waals surface area contributed by atoms with E-state index < -0.39 is 17.7 Å². The molecule has 7 heteroatoms. The summed E-state index contributed by atoms with van der Waals surface area (Å²) in [4.78, 5) is 3.33. The van der Waals surface area contributed by atoms with Gasteiger partial charge in [0, 0.05) is 22.6 Å². The quantitative estimate of drug-likeness (QED) is 0.796. The molecular weight excluding hydrogens is 316 g/mol. The minimum absolute atomic E-state index is 0.174. The van der Waals surface area contributed by atoms with Crippen LogP contribution >= 0.6 is 15.9 Å². The average Bonchev–Trinajstić information content (AvgIpc) is 2.26. The third-order valence-corrected chi connectivity index (χ3v) is 2.85. The van der Waals surface area contributed by atoms with Crippen molar-refractivity contribution < 1.29 is 17.6 Å². The number of alkyl halides is 3. The summed E-state index contributed by atoms with van der Waals surface area (Å²) in [5, 5.41) is 2.90. The molecule has 0 radical (unpaired) electrons. The summed E-state index contributed by atoms with van der Waals surface area (Å²) >= 11 is 3.09. The third kappa shape index (κ3) is 2.27. The summed E-state index contributed by atoms with van der Waals surface area (Å²) in [5.41, 5.74) is -1.26. The highest BCUT2D eigenvalue weighted by molar-refractivity contribution is 9.10. The molecule has 0 atom stereocenters. The first kappa shape index (κ1) is 13.1. The van der Waals surface area contributed by atoms with E-state index in [-0.39, 0.29) is 16.6 Å². The molecule has 96 valence electrons. The highest BCUT2D eigenvalue weighted by atomic mass is 79.9. The monoisotopic (exact) mass is 322 g/mol. The predicted octanol–water partition coefficient (Wildman–Crippen LogP) is 4.20. The number of fused-ring (bicyclic) bond motifs is 1. The number of anilines is 1. The summed E-state index contributed by atoms with van der Waals surface area (Å²) in [7, 11) is 1.47. The molecule has 2 rings (SSSR count). The first-order valence-corrected chi connectivity index (χ1v) is 5.67. The lowest BCUT2D eigenvalue weighted by Crippen LogP contribution is -2.09. The van der Waals surface area contributed by atoms with Crippen molar-refractivity contribution in [2.75, 3.05) is 12.4 Å². The van der Waals surface area contributed by atoms with Gasteiger partial charge in [-0.15, -0.1) is 0 Å². The molecule has 1 heterocycles. The number of nitrogens with one attached hydrogen (secondary N) is 1. The SMILES string of the molecule is CNc1cc(C(F)(F)F)nc2c(F)cc(Br)cc12. The fourth-order valence-electron chi connectivity index (χ4n) is 1.60. The molecule has 0 saturated carbocycles. The minimum atomic E-state index is -4.61. The van der Waals surface area contributed by atoms with Crippen LogP contribution < -0.4 is 5.32 Å². The molecule has 2 nitrogen and oxygen atoms in total. The van der Waals surface area contributed by atoms with E-state index >= 15 is 0 Å². The van der Waals surface area contributed by atoms with Crippen LogP contribution in [-0.2, 0) is 6.18 Å². The maximum absolute atomic E-state index is 13.6. The molecule has 0 saturated heterocycles. The largest absolute Gasteiger partial charge is 0.433 e. The van der Waals surface area contributed by atoms with Crippen LogP contribution in [0.5, 0.6) is 0 Å². The zero-order chi connectivity index (χ0) is 13.5. The van der Waals surface area contributed by atoms with E-state index in [1.54, 1.807) is 0 Å². The van der Waals surface area contributed by atoms with Crippen molar-refractivity contribution in [2.45, 2.75) is 6.18 Å². The van der Waals surface area contributed by atoms with Crippen LogP contribution in [0.15, 0.2) is 22.7 Å². The molecule has 0 unspecified atom stereocenters. The van der Waals surface area contributed by atoms with Gasteiger partial charge in [0.1, 0.15) is 11.2 Å². The van der Waals surface area contributed by atoms with E-state index in [0.29, 0.717) is 4.47 Å². The maximum Gasteiger partial charge on any atom is 0.433 e. The van der Waals surface area contributed by atoms with Crippen LogP contribution in [0.1, 0.15) is 5.69 Å². The second kappa shape index (κ2) is 4.38. The van der Waals surface area contributed by atoms with Gasteiger partial charge in [-0.25, -0.2) is 9.37 Å². The fourth-order valence-corrected chi connectivity index (χ4v) is 2.03. The Bertz CT molecular complexity index is 610. The Balaban J connectivity index is 2.84. The Morgan fingerprint density at radius 2 is 1.89 bits per heavy atom. The number of hydrogen-bond acceptors (Lipinski definition) is 2. The van der Waals surface area contributed by atoms with Crippen molar-refractivity contribution in [1.29, 1.82) is 0 Å². The Hall–Kier alpha value is -1.37. The molecule has 0 aliphatic rings. The zero-order valence-electron chi connectivity index (χ0n) is 9.07. The van der Waals surface area contributed by atoms with Gasteiger partial charge in [0.25, 0.3) is 0 Å². The Labute approximate surface area is 108 Å². The van der Waals surface area contributed by atoms with Crippen LogP contribution in [0, 0.1) is 5.82 Å². The molecule has 0 spiro atoms. The molecular formula is C11H7BrF4N2. The molecule has 0 aliphatic carbocycles. The van der Waals surface area contributed by atoms with Gasteiger partial charge in [-0.2, -0.15) is 13.2 Å². The van der Waals surface area contributed by atoms with Crippen LogP contribution in [0.25, 0.3) is 10.9 Å². The van der Waals surface area contributed by atoms with Gasteiger partial charge in [0.05, 0.1) is 0 Å². The van der Waals surface area contributed by atoms with Gasteiger partial charge < -0.3 is 5.32 Å². The Kier molecular flexibility index (Phi) is 3.18. The van der Waals surface area contributed by atoms with E-state index in [9.17, 15) is 17.6 Å². The van der Waals surface area contributed by atoms with Crippen LogP contribution in [0.4, 0.5) is 23.2 Å². The standard InChI is InChI=1S/C11H7BrF4N2/c1-17-8-4-9(11(14,15)16)18-10-6(8)2-5(12)3-7(10)13/h2-4H,1H3,(H,17,18). The number of nitrogens with zero attached hydrogens (tertiary/aromatic N) is 1. The van der Waals surface area contributed by atoms with Crippen LogP contribution in [-0.4, -0.2) is 12.0 Å². The molecule has 2 aromatic rings. The number of halogens is 5. The van der Waals surface area contributed by atoms with E-state index in [0.717, 1.165) is 12.1 Å². The van der Waals surface area contributed by atoms with Gasteiger partial charge in [0.2, 0.25) is 0 Å². The van der Waals surface area contributed by atoms with Gasteiger partial charge >= 0.3 is 6.18 Å². The predicted molar refractivity (Wildman–Crippen MR) is 63.9 cm³/mol. The summed E-state index contributed by atoms with van der Waals surface area (Å²) < 4.78 is 51.9. The molecule has 1 aromatic heterocycles. The highest BCUT2D eigenvalue weighted by Gasteiger charge is 2.33. The molecule has 1 aromatic carbocycles. The molecule has 0 fully saturated rings. The average molecular weight is 323 g/mol. The smallest absolute Gasteiger partial charge is 0.388 e.